The zero-order valence-electron chi connectivity index (χ0n) is 12.9. The number of rotatable bonds is 4. The molecule has 21 heavy (non-hydrogen) atoms. The summed E-state index contributed by atoms with van der Waals surface area (Å²) in [6.07, 6.45) is 5.90. The van der Waals surface area contributed by atoms with E-state index >= 15 is 0 Å². The molecule has 0 radical (unpaired) electrons. The first-order chi connectivity index (χ1) is 9.97. The van der Waals surface area contributed by atoms with Crippen molar-refractivity contribution < 1.29 is 4.79 Å². The van der Waals surface area contributed by atoms with Crippen LogP contribution < -0.4 is 5.32 Å². The molecule has 0 saturated carbocycles. The van der Waals surface area contributed by atoms with Gasteiger partial charge in [-0.15, -0.1) is 0 Å². The summed E-state index contributed by atoms with van der Waals surface area (Å²) < 4.78 is 1.65. The molecule has 0 aliphatic carbocycles. The van der Waals surface area contributed by atoms with Crippen LogP contribution in [0.15, 0.2) is 30.7 Å². The number of carbonyl (C=O) groups excluding carboxylic acids is 1. The van der Waals surface area contributed by atoms with Gasteiger partial charge in [0.05, 0.1) is 11.9 Å². The minimum Gasteiger partial charge on any atom is -0.324 e. The summed E-state index contributed by atoms with van der Waals surface area (Å²) in [7, 11) is 3.60. The zero-order chi connectivity index (χ0) is 15.4. The lowest BCUT2D eigenvalue weighted by molar-refractivity contribution is 0.207. The first kappa shape index (κ1) is 15.0. The number of aryl methyl sites for hydroxylation is 2. The summed E-state index contributed by atoms with van der Waals surface area (Å²) in [4.78, 5) is 18.3. The molecule has 0 aliphatic heterocycles. The standard InChI is InChI=1S/C15H21N5O/c1-11-6-5-7-16-14(11)8-12(2)20(4)15(21)18-13-9-17-19(3)10-13/h5-7,9-10,12H,8H2,1-4H3,(H,18,21). The third-order valence-corrected chi connectivity index (χ3v) is 3.54. The van der Waals surface area contributed by atoms with Crippen LogP contribution in [0.3, 0.4) is 0 Å². The number of aromatic nitrogens is 3. The number of urea groups is 1. The number of likely N-dealkylation sites (N-methyl/N-ethyl adjacent to an activating group) is 1. The number of hydrogen-bond acceptors (Lipinski definition) is 3. The number of nitrogens with zero attached hydrogens (tertiary/aromatic N) is 4. The molecule has 1 N–H and O–H groups in total. The predicted octanol–water partition coefficient (Wildman–Crippen LogP) is 2.22. The van der Waals surface area contributed by atoms with Crippen LogP contribution in [0.1, 0.15) is 18.2 Å². The first-order valence-corrected chi connectivity index (χ1v) is 6.90. The van der Waals surface area contributed by atoms with Crippen LogP contribution in [0, 0.1) is 6.92 Å². The average molecular weight is 287 g/mol. The summed E-state index contributed by atoms with van der Waals surface area (Å²) in [6, 6.07) is 3.85. The Morgan fingerprint density at radius 3 is 2.90 bits per heavy atom. The molecule has 1 unspecified atom stereocenters. The van der Waals surface area contributed by atoms with Crippen molar-refractivity contribution in [1.29, 1.82) is 0 Å². The molecule has 6 nitrogen and oxygen atoms in total. The van der Waals surface area contributed by atoms with Crippen molar-refractivity contribution >= 4 is 11.7 Å². The Bertz CT molecular complexity index is 622. The molecule has 0 aromatic carbocycles. The quantitative estimate of drug-likeness (QED) is 0.938. The Hall–Kier alpha value is -2.37. The summed E-state index contributed by atoms with van der Waals surface area (Å²) in [5, 5.41) is 6.85. The van der Waals surface area contributed by atoms with Crippen molar-refractivity contribution in [1.82, 2.24) is 19.7 Å². The van der Waals surface area contributed by atoms with Crippen molar-refractivity contribution in [3.05, 3.63) is 42.0 Å². The van der Waals surface area contributed by atoms with E-state index < -0.39 is 0 Å². The van der Waals surface area contributed by atoms with Crippen LogP contribution in [0.5, 0.6) is 0 Å². The highest BCUT2D eigenvalue weighted by molar-refractivity contribution is 5.89. The number of nitrogens with one attached hydrogen (secondary N) is 1. The molecule has 0 aliphatic rings. The summed E-state index contributed by atoms with van der Waals surface area (Å²) in [6.45, 7) is 4.04. The minimum atomic E-state index is -0.149. The van der Waals surface area contributed by atoms with E-state index in [4.69, 9.17) is 0 Å². The van der Waals surface area contributed by atoms with Gasteiger partial charge in [0.1, 0.15) is 0 Å². The summed E-state index contributed by atoms with van der Waals surface area (Å²) >= 11 is 0. The Balaban J connectivity index is 1.97. The van der Waals surface area contributed by atoms with Gasteiger partial charge in [-0.3, -0.25) is 9.67 Å². The summed E-state index contributed by atoms with van der Waals surface area (Å²) in [5.74, 6) is 0. The Morgan fingerprint density at radius 1 is 1.52 bits per heavy atom. The van der Waals surface area contributed by atoms with Crippen LogP contribution in [-0.2, 0) is 13.5 Å². The molecule has 0 spiro atoms. The fourth-order valence-electron chi connectivity index (χ4n) is 2.05. The monoisotopic (exact) mass is 287 g/mol. The second kappa shape index (κ2) is 6.39. The lowest BCUT2D eigenvalue weighted by Gasteiger charge is -2.25. The van der Waals surface area contributed by atoms with E-state index in [9.17, 15) is 4.79 Å². The molecule has 0 bridgehead atoms. The Labute approximate surface area is 124 Å². The van der Waals surface area contributed by atoms with Crippen molar-refractivity contribution in [3.8, 4) is 0 Å². The number of pyridine rings is 1. The average Bonchev–Trinajstić information content (AvgIpc) is 2.85. The molecule has 0 saturated heterocycles. The van der Waals surface area contributed by atoms with Gasteiger partial charge in [0.15, 0.2) is 0 Å². The van der Waals surface area contributed by atoms with Gasteiger partial charge in [0, 0.05) is 44.6 Å². The predicted molar refractivity (Wildman–Crippen MR) is 82.1 cm³/mol. The number of anilines is 1. The van der Waals surface area contributed by atoms with E-state index in [0.29, 0.717) is 5.69 Å². The lowest BCUT2D eigenvalue weighted by atomic mass is 10.1. The molecule has 2 aromatic heterocycles. The van der Waals surface area contributed by atoms with Gasteiger partial charge < -0.3 is 10.2 Å². The second-order valence-electron chi connectivity index (χ2n) is 5.26. The molecule has 1 atom stereocenters. The molecule has 0 fully saturated rings. The van der Waals surface area contributed by atoms with Crippen molar-refractivity contribution in [2.45, 2.75) is 26.3 Å². The van der Waals surface area contributed by atoms with E-state index in [1.807, 2.05) is 33.0 Å². The third kappa shape index (κ3) is 3.81. The Kier molecular flexibility index (Phi) is 4.57. The molecule has 112 valence electrons. The third-order valence-electron chi connectivity index (χ3n) is 3.54. The highest BCUT2D eigenvalue weighted by Crippen LogP contribution is 2.11. The maximum atomic E-state index is 12.2. The van der Waals surface area contributed by atoms with Crippen LogP contribution in [0.25, 0.3) is 0 Å². The fraction of sp³-hybridized carbons (Fsp3) is 0.400. The highest BCUT2D eigenvalue weighted by atomic mass is 16.2. The number of carbonyl (C=O) groups is 1. The molecule has 2 rings (SSSR count). The van der Waals surface area contributed by atoms with Gasteiger partial charge >= 0.3 is 6.03 Å². The van der Waals surface area contributed by atoms with E-state index in [2.05, 4.69) is 15.4 Å². The largest absolute Gasteiger partial charge is 0.324 e. The molecule has 2 heterocycles. The van der Waals surface area contributed by atoms with E-state index in [1.54, 1.807) is 35.2 Å². The van der Waals surface area contributed by atoms with Crippen molar-refractivity contribution in [2.75, 3.05) is 12.4 Å². The molecule has 2 amide bonds. The fourth-order valence-corrected chi connectivity index (χ4v) is 2.05. The molecule has 2 aromatic rings. The van der Waals surface area contributed by atoms with Crippen LogP contribution in [-0.4, -0.2) is 38.8 Å². The second-order valence-corrected chi connectivity index (χ2v) is 5.26. The maximum absolute atomic E-state index is 12.2. The smallest absolute Gasteiger partial charge is 0.321 e. The highest BCUT2D eigenvalue weighted by Gasteiger charge is 2.17. The minimum absolute atomic E-state index is 0.0512. The van der Waals surface area contributed by atoms with Gasteiger partial charge in [-0.2, -0.15) is 5.10 Å². The van der Waals surface area contributed by atoms with E-state index in [1.165, 1.54) is 0 Å². The summed E-state index contributed by atoms with van der Waals surface area (Å²) in [5.41, 5.74) is 2.85. The van der Waals surface area contributed by atoms with Crippen LogP contribution in [0.2, 0.25) is 0 Å². The van der Waals surface area contributed by atoms with Gasteiger partial charge in [-0.1, -0.05) is 6.07 Å². The van der Waals surface area contributed by atoms with E-state index in [-0.39, 0.29) is 12.1 Å². The SMILES string of the molecule is Cc1cccnc1CC(C)N(C)C(=O)Nc1cnn(C)c1. The van der Waals surface area contributed by atoms with Crippen molar-refractivity contribution in [3.63, 3.8) is 0 Å². The normalized spacial score (nSPS) is 12.0. The Morgan fingerprint density at radius 2 is 2.29 bits per heavy atom. The molecular formula is C15H21N5O. The first-order valence-electron chi connectivity index (χ1n) is 6.90. The molecular weight excluding hydrogens is 266 g/mol. The number of amides is 2. The molecule has 6 heteroatoms. The van der Waals surface area contributed by atoms with Crippen LogP contribution >= 0.6 is 0 Å². The van der Waals surface area contributed by atoms with Gasteiger partial charge in [0.25, 0.3) is 0 Å². The number of hydrogen-bond donors (Lipinski definition) is 1. The van der Waals surface area contributed by atoms with Gasteiger partial charge in [0.2, 0.25) is 0 Å². The van der Waals surface area contributed by atoms with Gasteiger partial charge in [-0.25, -0.2) is 4.79 Å². The van der Waals surface area contributed by atoms with Crippen LogP contribution in [0.4, 0.5) is 10.5 Å². The van der Waals surface area contributed by atoms with E-state index in [0.717, 1.165) is 17.7 Å². The zero-order valence-corrected chi connectivity index (χ0v) is 12.9. The lowest BCUT2D eigenvalue weighted by Crippen LogP contribution is -2.39. The topological polar surface area (TPSA) is 63.1 Å². The van der Waals surface area contributed by atoms with Gasteiger partial charge in [-0.05, 0) is 25.5 Å². The maximum Gasteiger partial charge on any atom is 0.321 e. The van der Waals surface area contributed by atoms with Crippen molar-refractivity contribution in [2.24, 2.45) is 7.05 Å².